The van der Waals surface area contributed by atoms with Crippen molar-refractivity contribution in [1.29, 1.82) is 5.26 Å². The predicted molar refractivity (Wildman–Crippen MR) is 119 cm³/mol. The smallest absolute Gasteiger partial charge is 0.266 e. The Morgan fingerprint density at radius 2 is 1.79 bits per heavy atom. The molecule has 0 saturated carbocycles. The number of amides is 1. The van der Waals surface area contributed by atoms with Gasteiger partial charge >= 0.3 is 0 Å². The Morgan fingerprint density at radius 1 is 1.10 bits per heavy atom. The lowest BCUT2D eigenvalue weighted by Gasteiger charge is -2.13. The van der Waals surface area contributed by atoms with Gasteiger partial charge in [-0.2, -0.15) is 5.26 Å². The van der Waals surface area contributed by atoms with Gasteiger partial charge in [0.1, 0.15) is 11.6 Å². The van der Waals surface area contributed by atoms with Crippen LogP contribution in [0.5, 0.6) is 0 Å². The highest BCUT2D eigenvalue weighted by molar-refractivity contribution is 6.31. The molecule has 1 aromatic heterocycles. The summed E-state index contributed by atoms with van der Waals surface area (Å²) in [5.41, 5.74) is 5.21. The minimum atomic E-state index is -0.474. The van der Waals surface area contributed by atoms with Gasteiger partial charge in [-0.15, -0.1) is 0 Å². The van der Waals surface area contributed by atoms with E-state index in [-0.39, 0.29) is 5.57 Å². The van der Waals surface area contributed by atoms with E-state index in [1.54, 1.807) is 30.3 Å². The van der Waals surface area contributed by atoms with Crippen LogP contribution in [0.1, 0.15) is 22.5 Å². The Morgan fingerprint density at radius 3 is 2.45 bits per heavy atom. The summed E-state index contributed by atoms with van der Waals surface area (Å²) in [5, 5.41) is 13.5. The number of aryl methyl sites for hydroxylation is 1. The molecule has 0 aliphatic heterocycles. The summed E-state index contributed by atoms with van der Waals surface area (Å²) in [6.07, 6.45) is 1.60. The molecule has 3 rings (SSSR count). The Balaban J connectivity index is 1.96. The van der Waals surface area contributed by atoms with Crippen LogP contribution in [0.25, 0.3) is 11.8 Å². The first-order valence-electron chi connectivity index (χ1n) is 8.95. The van der Waals surface area contributed by atoms with Gasteiger partial charge in [-0.05, 0) is 80.4 Å². The number of nitriles is 1. The highest BCUT2D eigenvalue weighted by atomic mass is 35.5. The quantitative estimate of drug-likeness (QED) is 0.397. The van der Waals surface area contributed by atoms with Gasteiger partial charge < -0.3 is 9.88 Å². The van der Waals surface area contributed by atoms with Crippen LogP contribution in [0.3, 0.4) is 0 Å². The second kappa shape index (κ2) is 8.57. The van der Waals surface area contributed by atoms with Crippen molar-refractivity contribution in [3.8, 4) is 11.8 Å². The third-order valence-electron chi connectivity index (χ3n) is 4.72. The molecule has 3 aromatic rings. The molecule has 4 nitrogen and oxygen atoms in total. The summed E-state index contributed by atoms with van der Waals surface area (Å²) in [4.78, 5) is 12.5. The molecule has 0 radical (unpaired) electrons. The molecule has 6 heteroatoms. The number of aromatic nitrogens is 1. The first-order valence-corrected chi connectivity index (χ1v) is 9.70. The van der Waals surface area contributed by atoms with Crippen molar-refractivity contribution >= 4 is 40.9 Å². The van der Waals surface area contributed by atoms with Gasteiger partial charge in [0.2, 0.25) is 0 Å². The first-order chi connectivity index (χ1) is 13.8. The van der Waals surface area contributed by atoms with Crippen molar-refractivity contribution in [1.82, 2.24) is 4.57 Å². The molecule has 29 heavy (non-hydrogen) atoms. The van der Waals surface area contributed by atoms with Gasteiger partial charge in [-0.3, -0.25) is 4.79 Å². The van der Waals surface area contributed by atoms with E-state index in [1.165, 1.54) is 0 Å². The Bertz CT molecular complexity index is 1150. The van der Waals surface area contributed by atoms with Gasteiger partial charge in [0, 0.05) is 32.8 Å². The van der Waals surface area contributed by atoms with Gasteiger partial charge in [0.05, 0.1) is 0 Å². The van der Waals surface area contributed by atoms with Crippen molar-refractivity contribution in [3.05, 3.63) is 86.7 Å². The van der Waals surface area contributed by atoms with Crippen LogP contribution >= 0.6 is 23.2 Å². The van der Waals surface area contributed by atoms with E-state index in [2.05, 4.69) is 9.88 Å². The van der Waals surface area contributed by atoms with E-state index < -0.39 is 5.91 Å². The molecule has 0 bridgehead atoms. The molecule has 2 aromatic carbocycles. The fourth-order valence-electron chi connectivity index (χ4n) is 3.18. The average molecular weight is 424 g/mol. The fourth-order valence-corrected chi connectivity index (χ4v) is 3.47. The van der Waals surface area contributed by atoms with E-state index in [0.717, 1.165) is 28.2 Å². The summed E-state index contributed by atoms with van der Waals surface area (Å²) >= 11 is 12.1. The molecule has 0 saturated heterocycles. The van der Waals surface area contributed by atoms with Crippen molar-refractivity contribution < 1.29 is 4.79 Å². The number of anilines is 1. The van der Waals surface area contributed by atoms with Crippen LogP contribution in [0, 0.1) is 32.1 Å². The molecule has 1 amide bonds. The second-order valence-corrected chi connectivity index (χ2v) is 7.52. The lowest BCUT2D eigenvalue weighted by Crippen LogP contribution is -2.13. The lowest BCUT2D eigenvalue weighted by atomic mass is 10.1. The molecule has 0 aliphatic rings. The number of nitrogens with zero attached hydrogens (tertiary/aromatic N) is 2. The summed E-state index contributed by atoms with van der Waals surface area (Å²) < 4.78 is 2.07. The zero-order valence-corrected chi connectivity index (χ0v) is 17.8. The van der Waals surface area contributed by atoms with Crippen LogP contribution in [0.2, 0.25) is 10.0 Å². The zero-order valence-electron chi connectivity index (χ0n) is 16.3. The van der Waals surface area contributed by atoms with E-state index in [4.69, 9.17) is 23.2 Å². The third-order valence-corrected chi connectivity index (χ3v) is 5.38. The van der Waals surface area contributed by atoms with Crippen LogP contribution in [-0.4, -0.2) is 10.5 Å². The summed E-state index contributed by atoms with van der Waals surface area (Å²) in [6.45, 7) is 5.89. The second-order valence-electron chi connectivity index (χ2n) is 6.68. The number of rotatable bonds is 4. The topological polar surface area (TPSA) is 57.8 Å². The number of hydrogen-bond acceptors (Lipinski definition) is 2. The number of halogens is 2. The van der Waals surface area contributed by atoms with Gasteiger partial charge in [-0.25, -0.2) is 0 Å². The van der Waals surface area contributed by atoms with E-state index >= 15 is 0 Å². The lowest BCUT2D eigenvalue weighted by molar-refractivity contribution is -0.112. The summed E-state index contributed by atoms with van der Waals surface area (Å²) in [5.74, 6) is -0.474. The fraction of sp³-hybridized carbons (Fsp3) is 0.130. The maximum Gasteiger partial charge on any atom is 0.266 e. The molecule has 1 heterocycles. The number of nitrogens with one attached hydrogen (secondary N) is 1. The van der Waals surface area contributed by atoms with Crippen molar-refractivity contribution in [3.63, 3.8) is 0 Å². The number of benzene rings is 2. The molecule has 0 fully saturated rings. The maximum absolute atomic E-state index is 12.5. The molecular weight excluding hydrogens is 405 g/mol. The van der Waals surface area contributed by atoms with Crippen molar-refractivity contribution in [2.45, 2.75) is 20.8 Å². The standard InChI is InChI=1S/C23H19Cl2N3O/c1-14-11-17(16(3)28(14)22-6-4-5-21(25)15(22)2)12-18(13-26)23(29)27-20-9-7-19(24)8-10-20/h4-12H,1-3H3,(H,27,29)/b18-12-. The minimum Gasteiger partial charge on any atom is -0.321 e. The Labute approximate surface area is 180 Å². The average Bonchev–Trinajstić information content (AvgIpc) is 2.97. The zero-order chi connectivity index (χ0) is 21.1. The van der Waals surface area contributed by atoms with Crippen LogP contribution in [0.15, 0.2) is 54.1 Å². The highest BCUT2D eigenvalue weighted by Gasteiger charge is 2.15. The Kier molecular flexibility index (Phi) is 6.12. The van der Waals surface area contributed by atoms with Crippen LogP contribution in [-0.2, 0) is 4.79 Å². The van der Waals surface area contributed by atoms with Gasteiger partial charge in [0.25, 0.3) is 5.91 Å². The number of hydrogen-bond donors (Lipinski definition) is 1. The summed E-state index contributed by atoms with van der Waals surface area (Å²) in [6, 6.07) is 16.4. The SMILES string of the molecule is Cc1c(Cl)cccc1-n1c(C)cc(/C=C(/C#N)C(=O)Nc2ccc(Cl)cc2)c1C. The number of carbonyl (C=O) groups is 1. The third kappa shape index (κ3) is 4.37. The monoisotopic (exact) mass is 423 g/mol. The minimum absolute atomic E-state index is 0.0167. The van der Waals surface area contributed by atoms with Gasteiger partial charge in [0.15, 0.2) is 0 Å². The molecular formula is C23H19Cl2N3O. The van der Waals surface area contributed by atoms with Crippen molar-refractivity contribution in [2.24, 2.45) is 0 Å². The first kappa shape index (κ1) is 20.7. The van der Waals surface area contributed by atoms with E-state index in [1.807, 2.05) is 51.1 Å². The summed E-state index contributed by atoms with van der Waals surface area (Å²) in [7, 11) is 0. The maximum atomic E-state index is 12.5. The van der Waals surface area contributed by atoms with E-state index in [0.29, 0.717) is 15.7 Å². The van der Waals surface area contributed by atoms with E-state index in [9.17, 15) is 10.1 Å². The largest absolute Gasteiger partial charge is 0.321 e. The van der Waals surface area contributed by atoms with Gasteiger partial charge in [-0.1, -0.05) is 29.3 Å². The normalized spacial score (nSPS) is 11.2. The van der Waals surface area contributed by atoms with Crippen molar-refractivity contribution in [2.75, 3.05) is 5.32 Å². The molecule has 0 aliphatic carbocycles. The number of carbonyl (C=O) groups excluding carboxylic acids is 1. The van der Waals surface area contributed by atoms with Crippen LogP contribution < -0.4 is 5.32 Å². The van der Waals surface area contributed by atoms with Crippen LogP contribution in [0.4, 0.5) is 5.69 Å². The molecule has 1 N–H and O–H groups in total. The predicted octanol–water partition coefficient (Wildman–Crippen LogP) is 6.26. The highest BCUT2D eigenvalue weighted by Crippen LogP contribution is 2.28. The molecule has 146 valence electrons. The molecule has 0 atom stereocenters. The molecule has 0 unspecified atom stereocenters. The Hall–Kier alpha value is -3.00. The molecule has 0 spiro atoms.